The van der Waals surface area contributed by atoms with Crippen LogP contribution in [-0.2, 0) is 18.2 Å². The number of amides is 1. The molecule has 1 saturated heterocycles. The van der Waals surface area contributed by atoms with Crippen molar-refractivity contribution in [3.05, 3.63) is 36.0 Å². The summed E-state index contributed by atoms with van der Waals surface area (Å²) in [7, 11) is 1.82. The van der Waals surface area contributed by atoms with Gasteiger partial charge in [0.25, 0.3) is 5.91 Å². The molecule has 3 rings (SSSR count). The highest BCUT2D eigenvalue weighted by Crippen LogP contribution is 2.17. The molecule has 7 nitrogen and oxygen atoms in total. The Bertz CT molecular complexity index is 649. The molecule has 0 spiro atoms. The third-order valence-electron chi connectivity index (χ3n) is 3.65. The summed E-state index contributed by atoms with van der Waals surface area (Å²) in [6.07, 6.45) is 5.45. The van der Waals surface area contributed by atoms with Crippen LogP contribution >= 0.6 is 0 Å². The molecule has 1 amide bonds. The van der Waals surface area contributed by atoms with Crippen LogP contribution in [0.4, 0.5) is 0 Å². The Labute approximate surface area is 128 Å². The molecule has 2 atom stereocenters. The number of hydrogen-bond acceptors (Lipinski definition) is 5. The van der Waals surface area contributed by atoms with Crippen molar-refractivity contribution >= 4 is 5.91 Å². The van der Waals surface area contributed by atoms with Gasteiger partial charge in [0.2, 0.25) is 0 Å². The van der Waals surface area contributed by atoms with Crippen molar-refractivity contribution in [2.45, 2.75) is 25.5 Å². The van der Waals surface area contributed by atoms with Crippen LogP contribution in [0.5, 0.6) is 5.75 Å². The molecular formula is C15H19N3O4. The van der Waals surface area contributed by atoms with Gasteiger partial charge in [-0.25, -0.2) is 0 Å². The predicted molar refractivity (Wildman–Crippen MR) is 77.8 cm³/mol. The first-order valence-electron chi connectivity index (χ1n) is 7.27. The van der Waals surface area contributed by atoms with Crippen LogP contribution in [-0.4, -0.2) is 41.0 Å². The zero-order valence-corrected chi connectivity index (χ0v) is 12.6. The first kappa shape index (κ1) is 14.6. The molecule has 2 aromatic heterocycles. The smallest absolute Gasteiger partial charge is 0.287 e. The Hall–Kier alpha value is -2.28. The lowest BCUT2D eigenvalue weighted by Crippen LogP contribution is -2.45. The molecule has 1 fully saturated rings. The molecule has 118 valence electrons. The maximum Gasteiger partial charge on any atom is 0.287 e. The number of nitrogens with one attached hydrogen (secondary N) is 1. The Morgan fingerprint density at radius 3 is 3.14 bits per heavy atom. The minimum atomic E-state index is -0.242. The molecule has 0 saturated carbocycles. The van der Waals surface area contributed by atoms with Gasteiger partial charge in [-0.1, -0.05) is 6.92 Å². The number of carbonyl (C=O) groups excluding carboxylic acids is 1. The van der Waals surface area contributed by atoms with Gasteiger partial charge < -0.3 is 19.2 Å². The summed E-state index contributed by atoms with van der Waals surface area (Å²) in [5.41, 5.74) is 0.890. The minimum Gasteiger partial charge on any atom is -0.482 e. The monoisotopic (exact) mass is 305 g/mol. The van der Waals surface area contributed by atoms with Crippen molar-refractivity contribution in [3.8, 4) is 5.75 Å². The Kier molecular flexibility index (Phi) is 4.15. The summed E-state index contributed by atoms with van der Waals surface area (Å²) >= 11 is 0. The van der Waals surface area contributed by atoms with Crippen molar-refractivity contribution in [2.75, 3.05) is 13.2 Å². The molecule has 1 aliphatic rings. The van der Waals surface area contributed by atoms with E-state index >= 15 is 0 Å². The fraction of sp³-hybridized carbons (Fsp3) is 0.467. The van der Waals surface area contributed by atoms with Crippen LogP contribution in [0, 0.1) is 0 Å². The maximum atomic E-state index is 12.3. The minimum absolute atomic E-state index is 0.220. The van der Waals surface area contributed by atoms with Gasteiger partial charge >= 0.3 is 0 Å². The molecule has 1 aliphatic heterocycles. The topological polar surface area (TPSA) is 78.5 Å². The predicted octanol–water partition coefficient (Wildman–Crippen LogP) is 1.15. The molecule has 0 aliphatic carbocycles. The van der Waals surface area contributed by atoms with E-state index in [0.29, 0.717) is 24.7 Å². The zero-order chi connectivity index (χ0) is 15.5. The molecule has 0 bridgehead atoms. The summed E-state index contributed by atoms with van der Waals surface area (Å²) in [6, 6.07) is 1.59. The van der Waals surface area contributed by atoms with Crippen molar-refractivity contribution in [1.82, 2.24) is 15.1 Å². The van der Waals surface area contributed by atoms with E-state index in [9.17, 15) is 4.79 Å². The van der Waals surface area contributed by atoms with Gasteiger partial charge in [0.05, 0.1) is 37.9 Å². The molecular weight excluding hydrogens is 286 g/mol. The zero-order valence-electron chi connectivity index (χ0n) is 12.6. The molecule has 0 aromatic carbocycles. The van der Waals surface area contributed by atoms with Gasteiger partial charge in [-0.2, -0.15) is 5.10 Å². The lowest BCUT2D eigenvalue weighted by Gasteiger charge is -2.19. The molecule has 22 heavy (non-hydrogen) atoms. The lowest BCUT2D eigenvalue weighted by molar-refractivity contribution is 0.0875. The van der Waals surface area contributed by atoms with Crippen LogP contribution in [0.15, 0.2) is 29.1 Å². The lowest BCUT2D eigenvalue weighted by atomic mass is 10.1. The number of nitrogens with zero attached hydrogens (tertiary/aromatic N) is 2. The van der Waals surface area contributed by atoms with Gasteiger partial charge in [0.1, 0.15) is 6.10 Å². The standard InChI is InChI=1S/C15H19N3O4/c1-3-10-4-5-21-14(10)15(19)17-12-8-20-9-13(12)22-11-6-16-18(2)7-11/h4-7,12-13H,3,8-9H2,1-2H3,(H,17,19)/t12-,13+/m0/s1. The van der Waals surface area contributed by atoms with E-state index in [4.69, 9.17) is 13.9 Å². The normalized spacial score (nSPS) is 21.0. The van der Waals surface area contributed by atoms with Crippen molar-refractivity contribution in [3.63, 3.8) is 0 Å². The highest BCUT2D eigenvalue weighted by Gasteiger charge is 2.32. The Balaban J connectivity index is 1.64. The van der Waals surface area contributed by atoms with E-state index < -0.39 is 0 Å². The first-order valence-corrected chi connectivity index (χ1v) is 7.27. The van der Waals surface area contributed by atoms with Gasteiger partial charge in [-0.15, -0.1) is 0 Å². The van der Waals surface area contributed by atoms with Gasteiger partial charge in [-0.05, 0) is 12.5 Å². The fourth-order valence-corrected chi connectivity index (χ4v) is 2.47. The molecule has 3 heterocycles. The quantitative estimate of drug-likeness (QED) is 0.896. The summed E-state index contributed by atoms with van der Waals surface area (Å²) in [4.78, 5) is 12.3. The Morgan fingerprint density at radius 1 is 1.55 bits per heavy atom. The average Bonchev–Trinajstić information content (AvgIpc) is 3.21. The van der Waals surface area contributed by atoms with Gasteiger partial charge in [-0.3, -0.25) is 9.48 Å². The van der Waals surface area contributed by atoms with Crippen LogP contribution in [0.3, 0.4) is 0 Å². The van der Waals surface area contributed by atoms with E-state index in [2.05, 4.69) is 10.4 Å². The summed E-state index contributed by atoms with van der Waals surface area (Å²) < 4.78 is 18.2. The summed E-state index contributed by atoms with van der Waals surface area (Å²) in [6.45, 7) is 2.83. The van der Waals surface area contributed by atoms with E-state index in [1.165, 1.54) is 6.26 Å². The highest BCUT2D eigenvalue weighted by molar-refractivity contribution is 5.93. The van der Waals surface area contributed by atoms with Gasteiger partial charge in [0.15, 0.2) is 11.5 Å². The van der Waals surface area contributed by atoms with E-state index in [1.54, 1.807) is 17.1 Å². The number of aromatic nitrogens is 2. The van der Waals surface area contributed by atoms with Crippen LogP contribution < -0.4 is 10.1 Å². The number of hydrogen-bond donors (Lipinski definition) is 1. The van der Waals surface area contributed by atoms with Crippen LogP contribution in [0.25, 0.3) is 0 Å². The number of rotatable bonds is 5. The highest BCUT2D eigenvalue weighted by atomic mass is 16.5. The van der Waals surface area contributed by atoms with Crippen molar-refractivity contribution in [2.24, 2.45) is 7.05 Å². The van der Waals surface area contributed by atoms with Crippen LogP contribution in [0.2, 0.25) is 0 Å². The average molecular weight is 305 g/mol. The summed E-state index contributed by atoms with van der Waals surface area (Å²) in [5, 5.41) is 6.98. The number of furan rings is 1. The third kappa shape index (κ3) is 2.99. The largest absolute Gasteiger partial charge is 0.482 e. The van der Waals surface area contributed by atoms with Gasteiger partial charge in [0, 0.05) is 12.6 Å². The molecule has 0 radical (unpaired) electrons. The van der Waals surface area contributed by atoms with E-state index in [-0.39, 0.29) is 18.1 Å². The maximum absolute atomic E-state index is 12.3. The van der Waals surface area contributed by atoms with Crippen molar-refractivity contribution < 1.29 is 18.7 Å². The SMILES string of the molecule is CCc1ccoc1C(=O)N[C@H]1COC[C@H]1Oc1cnn(C)c1. The third-order valence-corrected chi connectivity index (χ3v) is 3.65. The van der Waals surface area contributed by atoms with Crippen LogP contribution in [0.1, 0.15) is 23.0 Å². The van der Waals surface area contributed by atoms with E-state index in [0.717, 1.165) is 12.0 Å². The molecule has 0 unspecified atom stereocenters. The second-order valence-electron chi connectivity index (χ2n) is 5.25. The Morgan fingerprint density at radius 2 is 2.41 bits per heavy atom. The number of carbonyl (C=O) groups is 1. The fourth-order valence-electron chi connectivity index (χ4n) is 2.47. The second-order valence-corrected chi connectivity index (χ2v) is 5.25. The first-order chi connectivity index (χ1) is 10.7. The molecule has 1 N–H and O–H groups in total. The molecule has 7 heteroatoms. The second kappa shape index (κ2) is 6.23. The number of aryl methyl sites for hydroxylation is 2. The molecule has 2 aromatic rings. The number of ether oxygens (including phenoxy) is 2. The summed E-state index contributed by atoms with van der Waals surface area (Å²) in [5.74, 6) is 0.774. The van der Waals surface area contributed by atoms with Crippen molar-refractivity contribution in [1.29, 1.82) is 0 Å². The van der Waals surface area contributed by atoms with E-state index in [1.807, 2.05) is 20.0 Å².